The highest BCUT2D eigenvalue weighted by Gasteiger charge is 2.25. The van der Waals surface area contributed by atoms with E-state index in [2.05, 4.69) is 17.2 Å². The predicted octanol–water partition coefficient (Wildman–Crippen LogP) is 0.683. The number of carboxylic acids is 1. The maximum atomic E-state index is 12.0. The van der Waals surface area contributed by atoms with E-state index in [1.807, 2.05) is 13.8 Å². The zero-order valence-corrected chi connectivity index (χ0v) is 11.6. The molecule has 0 fully saturated rings. The van der Waals surface area contributed by atoms with Gasteiger partial charge in [-0.2, -0.15) is 0 Å². The molecule has 0 rings (SSSR count). The van der Waals surface area contributed by atoms with Crippen LogP contribution in [0.15, 0.2) is 12.7 Å². The SMILES string of the molecule is C=CC[C@@H](NC(=O)[C@H](CC(C)C)NC(C)=O)C(=O)O. The van der Waals surface area contributed by atoms with Gasteiger partial charge in [0, 0.05) is 6.92 Å². The second-order valence-electron chi connectivity index (χ2n) is 4.81. The van der Waals surface area contributed by atoms with Gasteiger partial charge in [0.05, 0.1) is 0 Å². The average Bonchev–Trinajstić information content (AvgIpc) is 2.25. The number of aliphatic carboxylic acids is 1. The fourth-order valence-corrected chi connectivity index (χ4v) is 1.61. The zero-order chi connectivity index (χ0) is 15.0. The van der Waals surface area contributed by atoms with Gasteiger partial charge in [-0.05, 0) is 18.8 Å². The van der Waals surface area contributed by atoms with Crippen LogP contribution < -0.4 is 10.6 Å². The largest absolute Gasteiger partial charge is 0.480 e. The third-order valence-corrected chi connectivity index (χ3v) is 2.42. The van der Waals surface area contributed by atoms with E-state index in [0.29, 0.717) is 6.42 Å². The van der Waals surface area contributed by atoms with E-state index in [1.54, 1.807) is 0 Å². The second-order valence-corrected chi connectivity index (χ2v) is 4.81. The van der Waals surface area contributed by atoms with Crippen molar-refractivity contribution in [3.8, 4) is 0 Å². The molecule has 0 aromatic heterocycles. The topological polar surface area (TPSA) is 95.5 Å². The molecule has 0 aliphatic heterocycles. The van der Waals surface area contributed by atoms with Crippen LogP contribution in [0.4, 0.5) is 0 Å². The smallest absolute Gasteiger partial charge is 0.326 e. The van der Waals surface area contributed by atoms with Gasteiger partial charge in [-0.15, -0.1) is 6.58 Å². The Morgan fingerprint density at radius 1 is 1.21 bits per heavy atom. The first kappa shape index (κ1) is 17.2. The number of carbonyl (C=O) groups is 3. The first-order valence-electron chi connectivity index (χ1n) is 6.19. The van der Waals surface area contributed by atoms with Crippen molar-refractivity contribution in [2.75, 3.05) is 0 Å². The number of carboxylic acid groups (broad SMARTS) is 1. The average molecular weight is 270 g/mol. The molecule has 0 heterocycles. The van der Waals surface area contributed by atoms with E-state index in [9.17, 15) is 14.4 Å². The van der Waals surface area contributed by atoms with Crippen molar-refractivity contribution in [1.82, 2.24) is 10.6 Å². The number of carbonyl (C=O) groups excluding carboxylic acids is 2. The monoisotopic (exact) mass is 270 g/mol. The Balaban J connectivity index is 4.72. The van der Waals surface area contributed by atoms with Gasteiger partial charge in [0.1, 0.15) is 12.1 Å². The first-order valence-corrected chi connectivity index (χ1v) is 6.19. The molecule has 19 heavy (non-hydrogen) atoms. The number of nitrogens with one attached hydrogen (secondary N) is 2. The standard InChI is InChI=1S/C13H22N2O4/c1-5-6-10(13(18)19)15-12(17)11(7-8(2)3)14-9(4)16/h5,8,10-11H,1,6-7H2,2-4H3,(H,14,16)(H,15,17)(H,18,19)/t10-,11+/m1/s1. The molecule has 3 N–H and O–H groups in total. The highest BCUT2D eigenvalue weighted by atomic mass is 16.4. The Kier molecular flexibility index (Phi) is 7.48. The second kappa shape index (κ2) is 8.29. The number of amides is 2. The van der Waals surface area contributed by atoms with Crippen molar-refractivity contribution in [2.24, 2.45) is 5.92 Å². The lowest BCUT2D eigenvalue weighted by Crippen LogP contribution is -2.51. The van der Waals surface area contributed by atoms with Gasteiger partial charge in [-0.1, -0.05) is 19.9 Å². The lowest BCUT2D eigenvalue weighted by atomic mass is 10.0. The van der Waals surface area contributed by atoms with E-state index in [4.69, 9.17) is 5.11 Å². The summed E-state index contributed by atoms with van der Waals surface area (Å²) in [6, 6.07) is -1.74. The van der Waals surface area contributed by atoms with E-state index < -0.39 is 24.0 Å². The fraction of sp³-hybridized carbons (Fsp3) is 0.615. The third-order valence-electron chi connectivity index (χ3n) is 2.42. The van der Waals surface area contributed by atoms with E-state index in [1.165, 1.54) is 13.0 Å². The normalized spacial score (nSPS) is 13.5. The third kappa shape index (κ3) is 7.23. The number of hydrogen-bond acceptors (Lipinski definition) is 3. The molecule has 2 amide bonds. The van der Waals surface area contributed by atoms with Crippen molar-refractivity contribution in [3.63, 3.8) is 0 Å². The van der Waals surface area contributed by atoms with Crippen molar-refractivity contribution < 1.29 is 19.5 Å². The van der Waals surface area contributed by atoms with Crippen LogP contribution in [-0.2, 0) is 14.4 Å². The summed E-state index contributed by atoms with van der Waals surface area (Å²) in [6.07, 6.45) is 2.01. The van der Waals surface area contributed by atoms with Gasteiger partial charge < -0.3 is 15.7 Å². The van der Waals surface area contributed by atoms with E-state index in [0.717, 1.165) is 0 Å². The van der Waals surface area contributed by atoms with Crippen LogP contribution in [0, 0.1) is 5.92 Å². The van der Waals surface area contributed by atoms with Gasteiger partial charge in [0.25, 0.3) is 0 Å². The van der Waals surface area contributed by atoms with Crippen molar-refractivity contribution in [3.05, 3.63) is 12.7 Å². The summed E-state index contributed by atoms with van der Waals surface area (Å²) < 4.78 is 0. The maximum Gasteiger partial charge on any atom is 0.326 e. The molecular weight excluding hydrogens is 248 g/mol. The molecule has 0 bridgehead atoms. The molecule has 0 aromatic rings. The molecule has 0 aliphatic rings. The van der Waals surface area contributed by atoms with Crippen LogP contribution in [0.25, 0.3) is 0 Å². The highest BCUT2D eigenvalue weighted by molar-refractivity contribution is 5.89. The van der Waals surface area contributed by atoms with E-state index in [-0.39, 0.29) is 18.2 Å². The van der Waals surface area contributed by atoms with Crippen LogP contribution in [0.3, 0.4) is 0 Å². The Hall–Kier alpha value is -1.85. The lowest BCUT2D eigenvalue weighted by Gasteiger charge is -2.21. The molecule has 0 saturated carbocycles. The van der Waals surface area contributed by atoms with Gasteiger partial charge in [-0.25, -0.2) is 4.79 Å². The van der Waals surface area contributed by atoms with Crippen LogP contribution in [-0.4, -0.2) is 35.0 Å². The molecule has 6 nitrogen and oxygen atoms in total. The molecule has 0 aliphatic carbocycles. The fourth-order valence-electron chi connectivity index (χ4n) is 1.61. The zero-order valence-electron chi connectivity index (χ0n) is 11.6. The molecule has 108 valence electrons. The van der Waals surface area contributed by atoms with Crippen LogP contribution in [0.2, 0.25) is 0 Å². The van der Waals surface area contributed by atoms with Gasteiger partial charge in [0.15, 0.2) is 0 Å². The van der Waals surface area contributed by atoms with Crippen LogP contribution in [0.1, 0.15) is 33.6 Å². The summed E-state index contributed by atoms with van der Waals surface area (Å²) in [5.74, 6) is -1.74. The summed E-state index contributed by atoms with van der Waals surface area (Å²) in [5, 5.41) is 13.9. The minimum Gasteiger partial charge on any atom is -0.480 e. The van der Waals surface area contributed by atoms with Gasteiger partial charge >= 0.3 is 5.97 Å². The van der Waals surface area contributed by atoms with Crippen molar-refractivity contribution >= 4 is 17.8 Å². The molecule has 0 unspecified atom stereocenters. The summed E-state index contributed by atoms with van der Waals surface area (Å²) in [7, 11) is 0. The number of rotatable bonds is 8. The molecular formula is C13H22N2O4. The summed E-state index contributed by atoms with van der Waals surface area (Å²) in [5.41, 5.74) is 0. The Morgan fingerprint density at radius 3 is 2.16 bits per heavy atom. The number of hydrogen-bond donors (Lipinski definition) is 3. The maximum absolute atomic E-state index is 12.0. The van der Waals surface area contributed by atoms with E-state index >= 15 is 0 Å². The summed E-state index contributed by atoms with van der Waals surface area (Å²) in [6.45, 7) is 8.60. The molecule has 0 radical (unpaired) electrons. The summed E-state index contributed by atoms with van der Waals surface area (Å²) in [4.78, 5) is 34.0. The molecule has 2 atom stereocenters. The Morgan fingerprint density at radius 2 is 1.79 bits per heavy atom. The minimum absolute atomic E-state index is 0.134. The van der Waals surface area contributed by atoms with Crippen LogP contribution >= 0.6 is 0 Å². The molecule has 0 saturated heterocycles. The molecule has 6 heteroatoms. The first-order chi connectivity index (χ1) is 8.77. The Labute approximate surface area is 113 Å². The van der Waals surface area contributed by atoms with Crippen molar-refractivity contribution in [2.45, 2.75) is 45.7 Å². The van der Waals surface area contributed by atoms with Crippen LogP contribution in [0.5, 0.6) is 0 Å². The Bertz CT molecular complexity index is 353. The quantitative estimate of drug-likeness (QED) is 0.565. The highest BCUT2D eigenvalue weighted by Crippen LogP contribution is 2.06. The molecule has 0 spiro atoms. The molecule has 0 aromatic carbocycles. The predicted molar refractivity (Wildman–Crippen MR) is 71.4 cm³/mol. The summed E-state index contributed by atoms with van der Waals surface area (Å²) >= 11 is 0. The van der Waals surface area contributed by atoms with Crippen molar-refractivity contribution in [1.29, 1.82) is 0 Å². The van der Waals surface area contributed by atoms with Gasteiger partial charge in [0.2, 0.25) is 11.8 Å². The minimum atomic E-state index is -1.13. The lowest BCUT2D eigenvalue weighted by molar-refractivity contribution is -0.142. The van der Waals surface area contributed by atoms with Gasteiger partial charge in [-0.3, -0.25) is 9.59 Å².